The molecule has 0 fully saturated rings. The van der Waals surface area contributed by atoms with Crippen LogP contribution in [0.5, 0.6) is 0 Å². The van der Waals surface area contributed by atoms with Gasteiger partial charge in [-0.3, -0.25) is 0 Å². The molecule has 1 aromatic carbocycles. The van der Waals surface area contributed by atoms with Gasteiger partial charge >= 0.3 is 0 Å². The molecule has 102 valence electrons. The molecule has 1 N–H and O–H groups in total. The molecule has 5 heteroatoms. The minimum Gasteiger partial charge on any atom is -0.392 e. The molecule has 0 aromatic heterocycles. The van der Waals surface area contributed by atoms with Crippen molar-refractivity contribution in [2.45, 2.75) is 39.2 Å². The first-order valence-electron chi connectivity index (χ1n) is 6.09. The van der Waals surface area contributed by atoms with Gasteiger partial charge in [0, 0.05) is 13.1 Å². The average molecular weight is 271 g/mol. The fourth-order valence-corrected chi connectivity index (χ4v) is 3.77. The first kappa shape index (κ1) is 15.1. The van der Waals surface area contributed by atoms with Gasteiger partial charge in [-0.15, -0.1) is 0 Å². The molecule has 0 aliphatic rings. The number of aliphatic hydroxyl groups excluding tert-OH is 1. The highest BCUT2D eigenvalue weighted by Gasteiger charge is 2.24. The van der Waals surface area contributed by atoms with E-state index in [0.717, 1.165) is 11.1 Å². The molecule has 4 nitrogen and oxygen atoms in total. The van der Waals surface area contributed by atoms with E-state index in [9.17, 15) is 13.5 Å². The first-order chi connectivity index (χ1) is 8.38. The Morgan fingerprint density at radius 3 is 2.17 bits per heavy atom. The third-order valence-corrected chi connectivity index (χ3v) is 5.36. The van der Waals surface area contributed by atoms with Crippen LogP contribution in [0.15, 0.2) is 17.0 Å². The highest BCUT2D eigenvalue weighted by atomic mass is 32.2. The third kappa shape index (κ3) is 2.74. The summed E-state index contributed by atoms with van der Waals surface area (Å²) in [7, 11) is -3.46. The van der Waals surface area contributed by atoms with Crippen LogP contribution in [0.1, 0.15) is 30.5 Å². The van der Waals surface area contributed by atoms with Gasteiger partial charge < -0.3 is 5.11 Å². The van der Waals surface area contributed by atoms with Gasteiger partial charge in [-0.2, -0.15) is 4.31 Å². The van der Waals surface area contributed by atoms with Gasteiger partial charge in [0.05, 0.1) is 11.5 Å². The summed E-state index contributed by atoms with van der Waals surface area (Å²) in [6.45, 7) is 8.03. The van der Waals surface area contributed by atoms with Gasteiger partial charge in [-0.05, 0) is 36.6 Å². The molecule has 0 amide bonds. The molecule has 0 aliphatic carbocycles. The van der Waals surface area contributed by atoms with Gasteiger partial charge in [0.2, 0.25) is 10.0 Å². The number of rotatable bonds is 5. The van der Waals surface area contributed by atoms with Crippen molar-refractivity contribution in [3.63, 3.8) is 0 Å². The van der Waals surface area contributed by atoms with E-state index in [1.165, 1.54) is 4.31 Å². The summed E-state index contributed by atoms with van der Waals surface area (Å²) in [4.78, 5) is 0.301. The number of nitrogens with zero attached hydrogens (tertiary/aromatic N) is 1. The molecule has 0 spiro atoms. The Kier molecular flexibility index (Phi) is 4.90. The van der Waals surface area contributed by atoms with E-state index in [2.05, 4.69) is 0 Å². The number of hydrogen-bond donors (Lipinski definition) is 1. The van der Waals surface area contributed by atoms with Gasteiger partial charge in [-0.1, -0.05) is 19.9 Å². The first-order valence-corrected chi connectivity index (χ1v) is 7.53. The maximum Gasteiger partial charge on any atom is 0.243 e. The molecule has 0 atom stereocenters. The average Bonchev–Trinajstić information content (AvgIpc) is 2.33. The number of aliphatic hydroxyl groups is 1. The van der Waals surface area contributed by atoms with Gasteiger partial charge in [0.1, 0.15) is 0 Å². The van der Waals surface area contributed by atoms with Crippen LogP contribution in [-0.2, 0) is 16.6 Å². The molecule has 1 rings (SSSR count). The molecular formula is C13H21NO3S. The summed E-state index contributed by atoms with van der Waals surface area (Å²) in [5.74, 6) is 0. The smallest absolute Gasteiger partial charge is 0.243 e. The predicted octanol–water partition coefficient (Wildman–Crippen LogP) is 1.83. The van der Waals surface area contributed by atoms with Crippen molar-refractivity contribution in [1.82, 2.24) is 4.31 Å². The molecule has 0 unspecified atom stereocenters. The number of sulfonamides is 1. The second-order valence-corrected chi connectivity index (χ2v) is 6.19. The molecule has 0 aliphatic heterocycles. The van der Waals surface area contributed by atoms with Gasteiger partial charge in [-0.25, -0.2) is 8.42 Å². The summed E-state index contributed by atoms with van der Waals surface area (Å²) in [5, 5.41) is 9.19. The molecule has 0 bridgehead atoms. The Labute approximate surface area is 109 Å². The fourth-order valence-electron chi connectivity index (χ4n) is 1.96. The van der Waals surface area contributed by atoms with E-state index < -0.39 is 10.0 Å². The van der Waals surface area contributed by atoms with E-state index in [4.69, 9.17) is 0 Å². The zero-order valence-electron chi connectivity index (χ0n) is 11.4. The monoisotopic (exact) mass is 271 g/mol. The Morgan fingerprint density at radius 2 is 1.72 bits per heavy atom. The second kappa shape index (κ2) is 5.82. The molecule has 0 heterocycles. The van der Waals surface area contributed by atoms with E-state index in [0.29, 0.717) is 23.5 Å². The van der Waals surface area contributed by atoms with Crippen molar-refractivity contribution < 1.29 is 13.5 Å². The van der Waals surface area contributed by atoms with Crippen molar-refractivity contribution >= 4 is 10.0 Å². The van der Waals surface area contributed by atoms with Crippen molar-refractivity contribution in [3.8, 4) is 0 Å². The van der Waals surface area contributed by atoms with Gasteiger partial charge in [0.15, 0.2) is 0 Å². The Morgan fingerprint density at radius 1 is 1.17 bits per heavy atom. The fraction of sp³-hybridized carbons (Fsp3) is 0.538. The lowest BCUT2D eigenvalue weighted by molar-refractivity contribution is 0.281. The highest BCUT2D eigenvalue weighted by Crippen LogP contribution is 2.24. The van der Waals surface area contributed by atoms with E-state index in [1.807, 2.05) is 26.8 Å². The lowest BCUT2D eigenvalue weighted by atomic mass is 10.1. The van der Waals surface area contributed by atoms with Crippen molar-refractivity contribution in [1.29, 1.82) is 0 Å². The SMILES string of the molecule is CCN(CC)S(=O)(=O)c1cc(CO)cc(C)c1C. The zero-order chi connectivity index (χ0) is 13.9. The van der Waals surface area contributed by atoms with Crippen LogP contribution in [0.3, 0.4) is 0 Å². The molecule has 0 radical (unpaired) electrons. The zero-order valence-corrected chi connectivity index (χ0v) is 12.2. The van der Waals surface area contributed by atoms with Crippen molar-refractivity contribution in [3.05, 3.63) is 28.8 Å². The quantitative estimate of drug-likeness (QED) is 0.889. The Balaban J connectivity index is 3.45. The normalized spacial score (nSPS) is 12.1. The minimum atomic E-state index is -3.46. The lowest BCUT2D eigenvalue weighted by Crippen LogP contribution is -2.31. The number of hydrogen-bond acceptors (Lipinski definition) is 3. The number of aryl methyl sites for hydroxylation is 1. The number of benzene rings is 1. The van der Waals surface area contributed by atoms with Crippen LogP contribution < -0.4 is 0 Å². The van der Waals surface area contributed by atoms with Crippen molar-refractivity contribution in [2.75, 3.05) is 13.1 Å². The highest BCUT2D eigenvalue weighted by molar-refractivity contribution is 7.89. The van der Waals surface area contributed by atoms with Crippen LogP contribution >= 0.6 is 0 Å². The third-order valence-electron chi connectivity index (χ3n) is 3.19. The Hall–Kier alpha value is -0.910. The lowest BCUT2D eigenvalue weighted by Gasteiger charge is -2.21. The topological polar surface area (TPSA) is 57.6 Å². The minimum absolute atomic E-state index is 0.151. The van der Waals surface area contributed by atoms with E-state index in [1.54, 1.807) is 13.0 Å². The van der Waals surface area contributed by atoms with Crippen LogP contribution in [0.4, 0.5) is 0 Å². The molecular weight excluding hydrogens is 250 g/mol. The molecule has 0 saturated carbocycles. The summed E-state index contributed by atoms with van der Waals surface area (Å²) in [6.07, 6.45) is 0. The molecule has 1 aromatic rings. The maximum absolute atomic E-state index is 12.5. The van der Waals surface area contributed by atoms with Crippen LogP contribution in [0.25, 0.3) is 0 Å². The van der Waals surface area contributed by atoms with Crippen LogP contribution in [0, 0.1) is 13.8 Å². The summed E-state index contributed by atoms with van der Waals surface area (Å²) >= 11 is 0. The largest absolute Gasteiger partial charge is 0.392 e. The molecule has 18 heavy (non-hydrogen) atoms. The van der Waals surface area contributed by atoms with Gasteiger partial charge in [0.25, 0.3) is 0 Å². The van der Waals surface area contributed by atoms with Crippen LogP contribution in [-0.4, -0.2) is 30.9 Å². The summed E-state index contributed by atoms with van der Waals surface area (Å²) < 4.78 is 26.4. The summed E-state index contributed by atoms with van der Waals surface area (Å²) in [6, 6.07) is 3.38. The standard InChI is InChI=1S/C13H21NO3S/c1-5-14(6-2)18(16,17)13-8-12(9-15)7-10(3)11(13)4/h7-8,15H,5-6,9H2,1-4H3. The summed E-state index contributed by atoms with van der Waals surface area (Å²) in [5.41, 5.74) is 2.26. The molecule has 0 saturated heterocycles. The Bertz CT molecular complexity index is 519. The predicted molar refractivity (Wildman–Crippen MR) is 71.9 cm³/mol. The maximum atomic E-state index is 12.5. The van der Waals surface area contributed by atoms with E-state index in [-0.39, 0.29) is 6.61 Å². The van der Waals surface area contributed by atoms with E-state index >= 15 is 0 Å². The van der Waals surface area contributed by atoms with Crippen LogP contribution in [0.2, 0.25) is 0 Å². The van der Waals surface area contributed by atoms with Crippen molar-refractivity contribution in [2.24, 2.45) is 0 Å². The second-order valence-electron chi connectivity index (χ2n) is 4.28.